The van der Waals surface area contributed by atoms with Crippen molar-refractivity contribution in [3.05, 3.63) is 41.0 Å². The van der Waals surface area contributed by atoms with Crippen LogP contribution in [0.5, 0.6) is 0 Å². The first-order chi connectivity index (χ1) is 13.1. The summed E-state index contributed by atoms with van der Waals surface area (Å²) < 4.78 is 24.0. The Labute approximate surface area is 168 Å². The molecule has 0 atom stereocenters. The van der Waals surface area contributed by atoms with Crippen molar-refractivity contribution >= 4 is 21.3 Å². The van der Waals surface area contributed by atoms with Crippen molar-refractivity contribution in [2.45, 2.75) is 51.4 Å². The summed E-state index contributed by atoms with van der Waals surface area (Å²) in [6.07, 6.45) is 6.40. The molecular weight excluding hydrogens is 372 g/mol. The number of carbonyl (C=O) groups is 1. The van der Waals surface area contributed by atoms with Crippen LogP contribution in [0.2, 0.25) is 0 Å². The molecule has 5 nitrogen and oxygen atoms in total. The molecule has 1 aromatic carbocycles. The van der Waals surface area contributed by atoms with E-state index in [0.717, 1.165) is 30.4 Å². The van der Waals surface area contributed by atoms with Crippen molar-refractivity contribution in [3.8, 4) is 0 Å². The molecule has 1 aliphatic heterocycles. The van der Waals surface area contributed by atoms with Gasteiger partial charge in [0.2, 0.25) is 5.91 Å². The second-order valence-corrected chi connectivity index (χ2v) is 11.5. The monoisotopic (exact) mass is 404 g/mol. The lowest BCUT2D eigenvalue weighted by Gasteiger charge is -2.38. The first-order valence-corrected chi connectivity index (χ1v) is 11.9. The summed E-state index contributed by atoms with van der Waals surface area (Å²) in [5.74, 6) is -0.00195. The average Bonchev–Trinajstić information content (AvgIpc) is 2.63. The lowest BCUT2D eigenvalue weighted by atomic mass is 9.72. The Morgan fingerprint density at radius 3 is 2.39 bits per heavy atom. The normalized spacial score (nSPS) is 23.0. The van der Waals surface area contributed by atoms with Crippen LogP contribution in [0.3, 0.4) is 0 Å². The van der Waals surface area contributed by atoms with E-state index in [1.54, 1.807) is 0 Å². The molecule has 0 spiro atoms. The first kappa shape index (κ1) is 21.1. The Bertz CT molecular complexity index is 886. The van der Waals surface area contributed by atoms with Crippen molar-refractivity contribution in [3.63, 3.8) is 0 Å². The van der Waals surface area contributed by atoms with Gasteiger partial charge >= 0.3 is 0 Å². The van der Waals surface area contributed by atoms with Crippen LogP contribution in [0.15, 0.2) is 24.3 Å². The molecule has 1 saturated heterocycles. The van der Waals surface area contributed by atoms with E-state index < -0.39 is 15.7 Å². The number of hydrogen-bond donors (Lipinski definition) is 2. The van der Waals surface area contributed by atoms with E-state index in [-0.39, 0.29) is 22.3 Å². The molecule has 2 aliphatic rings. The van der Waals surface area contributed by atoms with Crippen LogP contribution in [-0.4, -0.2) is 39.4 Å². The zero-order chi connectivity index (χ0) is 20.6. The number of hydrogen-bond acceptors (Lipinski definition) is 4. The molecule has 1 amide bonds. The predicted octanol–water partition coefficient (Wildman–Crippen LogP) is 3.04. The van der Waals surface area contributed by atoms with Crippen LogP contribution >= 0.6 is 0 Å². The van der Waals surface area contributed by atoms with Crippen LogP contribution in [0.4, 0.5) is 0 Å². The van der Waals surface area contributed by atoms with Crippen molar-refractivity contribution in [2.75, 3.05) is 25.1 Å². The number of benzene rings is 1. The fourth-order valence-corrected chi connectivity index (χ4v) is 6.12. The van der Waals surface area contributed by atoms with E-state index in [2.05, 4.69) is 31.3 Å². The minimum atomic E-state index is -2.96. The van der Waals surface area contributed by atoms with Gasteiger partial charge in [0.25, 0.3) is 0 Å². The molecule has 1 heterocycles. The molecule has 0 aromatic heterocycles. The van der Waals surface area contributed by atoms with Gasteiger partial charge in [-0.1, -0.05) is 32.1 Å². The van der Waals surface area contributed by atoms with Crippen molar-refractivity contribution < 1.29 is 13.2 Å². The van der Waals surface area contributed by atoms with Crippen molar-refractivity contribution in [2.24, 2.45) is 11.1 Å². The third-order valence-corrected chi connectivity index (χ3v) is 8.17. The van der Waals surface area contributed by atoms with Crippen molar-refractivity contribution in [1.29, 1.82) is 0 Å². The molecule has 0 unspecified atom stereocenters. The van der Waals surface area contributed by atoms with Crippen LogP contribution in [0, 0.1) is 5.41 Å². The first-order valence-electron chi connectivity index (χ1n) is 10.1. The van der Waals surface area contributed by atoms with Gasteiger partial charge in [0.05, 0.1) is 11.5 Å². The Hall–Kier alpha value is -1.66. The zero-order valence-electron chi connectivity index (χ0n) is 17.2. The fraction of sp³-hybridized carbons (Fsp3) is 0.591. The SMILES string of the molecule is CNCC1(c2ccc(C(N)=O)c(C3=CCC(C)(C)CC3)c2)CCS(=O)(=O)CC1. The molecule has 0 bridgehead atoms. The molecule has 6 heteroatoms. The number of allylic oxidation sites excluding steroid dienone is 2. The summed E-state index contributed by atoms with van der Waals surface area (Å²) in [6, 6.07) is 5.89. The van der Waals surface area contributed by atoms with Gasteiger partial charge in [-0.2, -0.15) is 0 Å². The lowest BCUT2D eigenvalue weighted by molar-refractivity contribution is 0.1000. The largest absolute Gasteiger partial charge is 0.366 e. The summed E-state index contributed by atoms with van der Waals surface area (Å²) in [5, 5.41) is 3.25. The minimum Gasteiger partial charge on any atom is -0.366 e. The number of amides is 1. The van der Waals surface area contributed by atoms with E-state index in [4.69, 9.17) is 5.73 Å². The predicted molar refractivity (Wildman–Crippen MR) is 114 cm³/mol. The molecule has 1 aromatic rings. The molecule has 28 heavy (non-hydrogen) atoms. The number of primary amides is 1. The van der Waals surface area contributed by atoms with E-state index in [0.29, 0.717) is 24.9 Å². The highest BCUT2D eigenvalue weighted by molar-refractivity contribution is 7.91. The maximum absolute atomic E-state index is 12.1. The van der Waals surface area contributed by atoms with Crippen LogP contribution < -0.4 is 11.1 Å². The van der Waals surface area contributed by atoms with Gasteiger partial charge in [-0.15, -0.1) is 0 Å². The quantitative estimate of drug-likeness (QED) is 0.789. The van der Waals surface area contributed by atoms with Gasteiger partial charge in [-0.05, 0) is 67.3 Å². The number of sulfone groups is 1. The van der Waals surface area contributed by atoms with Gasteiger partial charge in [-0.3, -0.25) is 4.79 Å². The summed E-state index contributed by atoms with van der Waals surface area (Å²) in [4.78, 5) is 12.1. The van der Waals surface area contributed by atoms with Crippen LogP contribution in [-0.2, 0) is 15.3 Å². The number of likely N-dealkylation sites (N-methyl/N-ethyl adjacent to an activating group) is 1. The minimum absolute atomic E-state index is 0.207. The fourth-order valence-electron chi connectivity index (χ4n) is 4.51. The van der Waals surface area contributed by atoms with Crippen molar-refractivity contribution in [1.82, 2.24) is 5.32 Å². The Balaban J connectivity index is 2.05. The zero-order valence-corrected chi connectivity index (χ0v) is 18.0. The number of nitrogens with one attached hydrogen (secondary N) is 1. The molecule has 154 valence electrons. The maximum Gasteiger partial charge on any atom is 0.249 e. The van der Waals surface area contributed by atoms with E-state index in [1.807, 2.05) is 19.2 Å². The standard InChI is InChI=1S/C22H32N2O3S/c1-21(2)8-6-16(7-9-21)19-14-17(4-5-18(19)20(23)25)22(15-24-3)10-12-28(26,27)13-11-22/h4-6,14,24H,7-13,15H2,1-3H3,(H2,23,25). The topological polar surface area (TPSA) is 89.3 Å². The third kappa shape index (κ3) is 4.33. The average molecular weight is 405 g/mol. The van der Waals surface area contributed by atoms with Crippen LogP contribution in [0.1, 0.15) is 67.4 Å². The molecule has 0 saturated carbocycles. The summed E-state index contributed by atoms with van der Waals surface area (Å²) in [5.41, 5.74) is 9.47. The Morgan fingerprint density at radius 2 is 1.86 bits per heavy atom. The highest BCUT2D eigenvalue weighted by atomic mass is 32.2. The molecule has 0 radical (unpaired) electrons. The highest BCUT2D eigenvalue weighted by Gasteiger charge is 2.39. The van der Waals surface area contributed by atoms with Crippen LogP contribution in [0.25, 0.3) is 5.57 Å². The Kier molecular flexibility index (Phi) is 5.74. The summed E-state index contributed by atoms with van der Waals surface area (Å²) in [7, 11) is -1.06. The van der Waals surface area contributed by atoms with E-state index >= 15 is 0 Å². The van der Waals surface area contributed by atoms with Gasteiger partial charge in [0.15, 0.2) is 0 Å². The molecular formula is C22H32N2O3S. The third-order valence-electron chi connectivity index (χ3n) is 6.51. The van der Waals surface area contributed by atoms with Gasteiger partial charge < -0.3 is 11.1 Å². The van der Waals surface area contributed by atoms with Gasteiger partial charge in [0, 0.05) is 17.5 Å². The summed E-state index contributed by atoms with van der Waals surface area (Å²) >= 11 is 0. The molecule has 3 rings (SSSR count). The molecule has 3 N–H and O–H groups in total. The Morgan fingerprint density at radius 1 is 1.18 bits per heavy atom. The smallest absolute Gasteiger partial charge is 0.249 e. The lowest BCUT2D eigenvalue weighted by Crippen LogP contribution is -2.44. The van der Waals surface area contributed by atoms with Gasteiger partial charge in [0.1, 0.15) is 9.84 Å². The number of nitrogens with two attached hydrogens (primary N) is 1. The van der Waals surface area contributed by atoms with E-state index in [1.165, 1.54) is 5.57 Å². The van der Waals surface area contributed by atoms with E-state index in [9.17, 15) is 13.2 Å². The molecule has 1 fully saturated rings. The summed E-state index contributed by atoms with van der Waals surface area (Å²) in [6.45, 7) is 5.23. The highest BCUT2D eigenvalue weighted by Crippen LogP contribution is 2.41. The maximum atomic E-state index is 12.1. The second-order valence-electron chi connectivity index (χ2n) is 9.18. The number of rotatable bonds is 5. The molecule has 1 aliphatic carbocycles. The van der Waals surface area contributed by atoms with Gasteiger partial charge in [-0.25, -0.2) is 8.42 Å². The number of carbonyl (C=O) groups excluding carboxylic acids is 1. The second kappa shape index (κ2) is 7.64.